The van der Waals surface area contributed by atoms with E-state index in [4.69, 9.17) is 0 Å². The first kappa shape index (κ1) is 9.65. The molecule has 0 aromatic rings. The summed E-state index contributed by atoms with van der Waals surface area (Å²) in [5.41, 5.74) is 0. The van der Waals surface area contributed by atoms with E-state index >= 15 is 0 Å². The Morgan fingerprint density at radius 1 is 1.33 bits per heavy atom. The van der Waals surface area contributed by atoms with Gasteiger partial charge in [0, 0.05) is 0 Å². The lowest BCUT2D eigenvalue weighted by atomic mass is 10.1. The van der Waals surface area contributed by atoms with E-state index in [9.17, 15) is 0 Å². The third-order valence-corrected chi connectivity index (χ3v) is 2.35. The first-order valence-electron chi connectivity index (χ1n) is 4.46. The van der Waals surface area contributed by atoms with Crippen LogP contribution in [-0.2, 0) is 0 Å². The van der Waals surface area contributed by atoms with Crippen molar-refractivity contribution < 1.29 is 0 Å². The average molecular weight is 183 g/mol. The maximum absolute atomic E-state index is 4.43. The molecule has 1 atom stereocenters. The van der Waals surface area contributed by atoms with Gasteiger partial charge in [-0.05, 0) is 6.42 Å². The van der Waals surface area contributed by atoms with Gasteiger partial charge in [0.2, 0.25) is 0 Å². The summed E-state index contributed by atoms with van der Waals surface area (Å²) >= 11 is 4.43. The summed E-state index contributed by atoms with van der Waals surface area (Å²) in [7, 11) is 0. The van der Waals surface area contributed by atoms with Crippen LogP contribution < -0.4 is 0 Å². The number of hydrogen-bond acceptors (Lipinski definition) is 3. The van der Waals surface area contributed by atoms with Gasteiger partial charge in [-0.15, -0.1) is 0 Å². The van der Waals surface area contributed by atoms with Crippen molar-refractivity contribution in [3.05, 3.63) is 6.17 Å². The van der Waals surface area contributed by atoms with E-state index in [2.05, 4.69) is 29.5 Å². The molecule has 0 amide bonds. The van der Waals surface area contributed by atoms with Gasteiger partial charge in [-0.3, -0.25) is 0 Å². The van der Waals surface area contributed by atoms with E-state index < -0.39 is 0 Å². The molecule has 0 aromatic carbocycles. The topological polar surface area (TPSA) is 24.7 Å². The Morgan fingerprint density at radius 2 is 2.00 bits per heavy atom. The average Bonchev–Trinajstić information content (AvgIpc) is 2.56. The van der Waals surface area contributed by atoms with Gasteiger partial charge in [0.1, 0.15) is 5.25 Å². The van der Waals surface area contributed by atoms with Crippen molar-refractivity contribution in [2.75, 3.05) is 0 Å². The Kier molecular flexibility index (Phi) is 4.22. The second kappa shape index (κ2) is 5.25. The molecule has 1 heterocycles. The van der Waals surface area contributed by atoms with Crippen LogP contribution in [0.1, 0.15) is 32.6 Å². The highest BCUT2D eigenvalue weighted by Crippen LogP contribution is 2.22. The van der Waals surface area contributed by atoms with Crippen molar-refractivity contribution in [3.63, 3.8) is 0 Å². The molecule has 0 N–H and O–H groups in total. The number of hydrogen-bond donors (Lipinski definition) is 1. The van der Waals surface area contributed by atoms with Crippen LogP contribution >= 0.6 is 12.6 Å². The highest BCUT2D eigenvalue weighted by molar-refractivity contribution is 7.81. The maximum atomic E-state index is 4.43. The zero-order valence-electron chi connectivity index (χ0n) is 7.40. The number of unbranched alkanes of at least 4 members (excludes halogenated alkanes) is 2. The first-order valence-corrected chi connectivity index (χ1v) is 4.98. The lowest BCUT2D eigenvalue weighted by molar-refractivity contribution is 0.645. The first-order chi connectivity index (χ1) is 5.84. The Hall–Kier alpha value is -0.440. The summed E-state index contributed by atoms with van der Waals surface area (Å²) in [6, 6.07) is 0. The van der Waals surface area contributed by atoms with Gasteiger partial charge < -0.3 is 0 Å². The van der Waals surface area contributed by atoms with Crippen molar-refractivity contribution >= 4 is 25.1 Å². The molecule has 1 aliphatic rings. The number of rotatable bonds is 5. The van der Waals surface area contributed by atoms with E-state index in [0.29, 0.717) is 0 Å². The molecule has 0 fully saturated rings. The molecule has 66 valence electrons. The molecule has 0 aliphatic carbocycles. The monoisotopic (exact) mass is 183 g/mol. The van der Waals surface area contributed by atoms with E-state index in [1.807, 2.05) is 0 Å². The van der Waals surface area contributed by atoms with Gasteiger partial charge in [0.05, 0.1) is 0 Å². The Balaban J connectivity index is 2.15. The van der Waals surface area contributed by atoms with Gasteiger partial charge >= 0.3 is 0 Å². The van der Waals surface area contributed by atoms with Crippen LogP contribution in [0.4, 0.5) is 0 Å². The van der Waals surface area contributed by atoms with Gasteiger partial charge in [0.25, 0.3) is 6.17 Å². The molecule has 1 aliphatic heterocycles. The van der Waals surface area contributed by atoms with Crippen molar-refractivity contribution in [2.45, 2.75) is 37.9 Å². The molecule has 1 rings (SSSR count). The van der Waals surface area contributed by atoms with E-state index in [1.165, 1.54) is 19.3 Å². The van der Waals surface area contributed by atoms with Gasteiger partial charge in [0.15, 0.2) is 12.4 Å². The van der Waals surface area contributed by atoms with E-state index in [-0.39, 0.29) is 5.25 Å². The van der Waals surface area contributed by atoms with Crippen LogP contribution in [0.5, 0.6) is 0 Å². The second-order valence-corrected chi connectivity index (χ2v) is 3.55. The molecular weight excluding hydrogens is 168 g/mol. The number of thiol groups is 1. The molecular formula is C9H15N2S+. The zero-order chi connectivity index (χ0) is 8.81. The summed E-state index contributed by atoms with van der Waals surface area (Å²) in [6.07, 6.45) is 9.14. The molecule has 0 saturated carbocycles. The second-order valence-electron chi connectivity index (χ2n) is 2.93. The highest BCUT2D eigenvalue weighted by Gasteiger charge is 2.24. The minimum absolute atomic E-state index is 0.228. The van der Waals surface area contributed by atoms with E-state index in [0.717, 1.165) is 12.6 Å². The summed E-state index contributed by atoms with van der Waals surface area (Å²) in [4.78, 5) is 8.21. The lowest BCUT2D eigenvalue weighted by Crippen LogP contribution is -2.06. The molecule has 0 radical (unpaired) electrons. The smallest absolute Gasteiger partial charge is 0.154 e. The van der Waals surface area contributed by atoms with Crippen LogP contribution in [0.25, 0.3) is 0 Å². The summed E-state index contributed by atoms with van der Waals surface area (Å²) in [5.74, 6) is 0. The van der Waals surface area contributed by atoms with Crippen molar-refractivity contribution in [2.24, 2.45) is 9.98 Å². The van der Waals surface area contributed by atoms with Crippen LogP contribution in [0.3, 0.4) is 0 Å². The third kappa shape index (κ3) is 2.89. The molecule has 0 spiro atoms. The Labute approximate surface area is 79.6 Å². The fourth-order valence-corrected chi connectivity index (χ4v) is 1.46. The largest absolute Gasteiger partial charge is 0.253 e. The summed E-state index contributed by atoms with van der Waals surface area (Å²) < 4.78 is 0. The van der Waals surface area contributed by atoms with Crippen LogP contribution in [0.15, 0.2) is 9.98 Å². The number of aliphatic imine (C=N–C) groups is 2. The predicted octanol–water partition coefficient (Wildman–Crippen LogP) is 2.51. The molecule has 0 aromatic heterocycles. The number of nitrogens with zero attached hydrogens (tertiary/aromatic N) is 2. The van der Waals surface area contributed by atoms with Gasteiger partial charge in [-0.2, -0.15) is 12.6 Å². The van der Waals surface area contributed by atoms with Gasteiger partial charge in [-0.1, -0.05) is 36.2 Å². The van der Waals surface area contributed by atoms with Crippen molar-refractivity contribution in [3.8, 4) is 0 Å². The summed E-state index contributed by atoms with van der Waals surface area (Å²) in [6.45, 7) is 2.20. The minimum Gasteiger partial charge on any atom is -0.154 e. The normalized spacial score (nSPS) is 17.3. The zero-order valence-corrected chi connectivity index (χ0v) is 8.30. The van der Waals surface area contributed by atoms with Gasteiger partial charge in [-0.25, -0.2) is 0 Å². The fourth-order valence-electron chi connectivity index (χ4n) is 1.14. The highest BCUT2D eigenvalue weighted by atomic mass is 32.1. The molecule has 0 bridgehead atoms. The van der Waals surface area contributed by atoms with Crippen molar-refractivity contribution in [1.29, 1.82) is 0 Å². The molecule has 0 saturated heterocycles. The Bertz CT molecular complexity index is 165. The summed E-state index contributed by atoms with van der Waals surface area (Å²) in [5, 5.41) is 0.228. The quantitative estimate of drug-likeness (QED) is 0.385. The molecule has 3 heteroatoms. The van der Waals surface area contributed by atoms with Crippen LogP contribution in [0.2, 0.25) is 0 Å². The fraction of sp³-hybridized carbons (Fsp3) is 0.667. The predicted molar refractivity (Wildman–Crippen MR) is 57.1 cm³/mol. The van der Waals surface area contributed by atoms with E-state index in [1.54, 1.807) is 12.4 Å². The molecule has 1 unspecified atom stereocenters. The SMILES string of the molecule is CCCCCC(S)[C+]1N=CC=N1. The molecule has 2 nitrogen and oxygen atoms in total. The minimum atomic E-state index is 0.228. The maximum Gasteiger partial charge on any atom is 0.253 e. The lowest BCUT2D eigenvalue weighted by Gasteiger charge is -2.06. The molecule has 12 heavy (non-hydrogen) atoms. The standard InChI is InChI=1S/C9H14N2S/c1-2-3-4-5-8(12)9-10-6-7-11-9/h6-8H,2-5H2,1H3/p+1. The van der Waals surface area contributed by atoms with Crippen LogP contribution in [0, 0.1) is 6.17 Å². The van der Waals surface area contributed by atoms with Crippen molar-refractivity contribution in [1.82, 2.24) is 0 Å². The Morgan fingerprint density at radius 3 is 2.58 bits per heavy atom. The third-order valence-electron chi connectivity index (χ3n) is 1.86. The van der Waals surface area contributed by atoms with Crippen LogP contribution in [-0.4, -0.2) is 17.7 Å².